The second-order valence-corrected chi connectivity index (χ2v) is 6.72. The number of carbonyl (C=O) groups excluding carboxylic acids is 1. The fourth-order valence-corrected chi connectivity index (χ4v) is 3.38. The predicted molar refractivity (Wildman–Crippen MR) is 100 cm³/mol. The number of urea groups is 1. The van der Waals surface area contributed by atoms with E-state index in [1.54, 1.807) is 0 Å². The molecule has 1 aromatic carbocycles. The Kier molecular flexibility index (Phi) is 4.62. The van der Waals surface area contributed by atoms with Crippen molar-refractivity contribution in [3.05, 3.63) is 59.5 Å². The van der Waals surface area contributed by atoms with Crippen molar-refractivity contribution in [1.29, 1.82) is 0 Å². The molecule has 134 valence electrons. The number of halogens is 1. The number of rotatable bonds is 4. The van der Waals surface area contributed by atoms with E-state index in [0.717, 1.165) is 35.9 Å². The SMILES string of the molecule is O=C(NCc1nnc2ccccn12)NC1CCN(c2cccc(Cl)c2)C1. The summed E-state index contributed by atoms with van der Waals surface area (Å²) in [5, 5.41) is 14.8. The fraction of sp³-hybridized carbons (Fsp3) is 0.278. The zero-order chi connectivity index (χ0) is 17.9. The summed E-state index contributed by atoms with van der Waals surface area (Å²) >= 11 is 6.06. The highest BCUT2D eigenvalue weighted by Gasteiger charge is 2.24. The van der Waals surface area contributed by atoms with E-state index in [2.05, 4.69) is 25.7 Å². The van der Waals surface area contributed by atoms with Crippen LogP contribution in [0.5, 0.6) is 0 Å². The van der Waals surface area contributed by atoms with Crippen molar-refractivity contribution in [3.63, 3.8) is 0 Å². The fourth-order valence-electron chi connectivity index (χ4n) is 3.19. The Morgan fingerprint density at radius 1 is 1.23 bits per heavy atom. The minimum Gasteiger partial charge on any atom is -0.369 e. The van der Waals surface area contributed by atoms with Gasteiger partial charge < -0.3 is 15.5 Å². The largest absolute Gasteiger partial charge is 0.369 e. The van der Waals surface area contributed by atoms with Gasteiger partial charge in [-0.25, -0.2) is 4.79 Å². The molecule has 4 rings (SSSR count). The van der Waals surface area contributed by atoms with Gasteiger partial charge >= 0.3 is 6.03 Å². The van der Waals surface area contributed by atoms with Crippen LogP contribution in [0, 0.1) is 0 Å². The Morgan fingerprint density at radius 3 is 3.04 bits per heavy atom. The zero-order valence-electron chi connectivity index (χ0n) is 14.1. The van der Waals surface area contributed by atoms with E-state index < -0.39 is 0 Å². The van der Waals surface area contributed by atoms with Gasteiger partial charge in [-0.1, -0.05) is 23.7 Å². The van der Waals surface area contributed by atoms with Crippen LogP contribution in [0.25, 0.3) is 5.65 Å². The van der Waals surface area contributed by atoms with Crippen molar-refractivity contribution in [2.24, 2.45) is 0 Å². The smallest absolute Gasteiger partial charge is 0.315 e. The molecule has 7 nitrogen and oxygen atoms in total. The molecule has 1 aliphatic heterocycles. The number of hydrogen-bond donors (Lipinski definition) is 2. The average molecular weight is 371 g/mol. The number of carbonyl (C=O) groups is 1. The lowest BCUT2D eigenvalue weighted by Gasteiger charge is -2.19. The molecule has 1 fully saturated rings. The zero-order valence-corrected chi connectivity index (χ0v) is 14.9. The van der Waals surface area contributed by atoms with E-state index in [9.17, 15) is 4.79 Å². The molecule has 0 bridgehead atoms. The van der Waals surface area contributed by atoms with Gasteiger partial charge in [0.05, 0.1) is 6.54 Å². The number of nitrogens with one attached hydrogen (secondary N) is 2. The van der Waals surface area contributed by atoms with E-state index in [4.69, 9.17) is 11.6 Å². The van der Waals surface area contributed by atoms with Gasteiger partial charge in [-0.15, -0.1) is 10.2 Å². The third kappa shape index (κ3) is 3.57. The van der Waals surface area contributed by atoms with Crippen molar-refractivity contribution in [2.45, 2.75) is 19.0 Å². The van der Waals surface area contributed by atoms with Crippen LogP contribution in [-0.4, -0.2) is 39.8 Å². The highest BCUT2D eigenvalue weighted by atomic mass is 35.5. The van der Waals surface area contributed by atoms with Gasteiger partial charge in [0.25, 0.3) is 0 Å². The van der Waals surface area contributed by atoms with Gasteiger partial charge in [0.2, 0.25) is 0 Å². The molecule has 26 heavy (non-hydrogen) atoms. The summed E-state index contributed by atoms with van der Waals surface area (Å²) in [4.78, 5) is 14.4. The molecule has 2 amide bonds. The molecule has 2 N–H and O–H groups in total. The summed E-state index contributed by atoms with van der Waals surface area (Å²) < 4.78 is 1.86. The van der Waals surface area contributed by atoms with Gasteiger partial charge in [-0.05, 0) is 36.8 Å². The Bertz CT molecular complexity index is 927. The molecule has 2 aromatic heterocycles. The summed E-state index contributed by atoms with van der Waals surface area (Å²) in [6, 6.07) is 13.4. The van der Waals surface area contributed by atoms with Crippen LogP contribution < -0.4 is 15.5 Å². The van der Waals surface area contributed by atoms with E-state index in [1.807, 2.05) is 53.1 Å². The molecular weight excluding hydrogens is 352 g/mol. The number of aromatic nitrogens is 3. The third-order valence-electron chi connectivity index (χ3n) is 4.49. The van der Waals surface area contributed by atoms with Gasteiger partial charge in [0.1, 0.15) is 0 Å². The predicted octanol–water partition coefficient (Wildman–Crippen LogP) is 2.46. The maximum Gasteiger partial charge on any atom is 0.315 e. The van der Waals surface area contributed by atoms with Gasteiger partial charge in [-0.3, -0.25) is 4.40 Å². The second-order valence-electron chi connectivity index (χ2n) is 6.28. The lowest BCUT2D eigenvalue weighted by atomic mass is 10.3. The topological polar surface area (TPSA) is 74.6 Å². The molecule has 0 spiro atoms. The van der Waals surface area contributed by atoms with Crippen LogP contribution in [0.3, 0.4) is 0 Å². The Morgan fingerprint density at radius 2 is 2.15 bits per heavy atom. The number of fused-ring (bicyclic) bond motifs is 1. The molecule has 3 aromatic rings. The minimum absolute atomic E-state index is 0.101. The first-order valence-corrected chi connectivity index (χ1v) is 8.90. The lowest BCUT2D eigenvalue weighted by molar-refractivity contribution is 0.237. The summed E-state index contributed by atoms with van der Waals surface area (Å²) in [6.07, 6.45) is 2.78. The first kappa shape index (κ1) is 16.7. The molecule has 3 heterocycles. The quantitative estimate of drug-likeness (QED) is 0.739. The van der Waals surface area contributed by atoms with Crippen LogP contribution >= 0.6 is 11.6 Å². The number of hydrogen-bond acceptors (Lipinski definition) is 4. The van der Waals surface area contributed by atoms with E-state index in [0.29, 0.717) is 12.4 Å². The molecule has 1 saturated heterocycles. The highest BCUT2D eigenvalue weighted by Crippen LogP contribution is 2.23. The molecule has 1 atom stereocenters. The Labute approximate surface area is 156 Å². The van der Waals surface area contributed by atoms with Crippen LogP contribution in [0.1, 0.15) is 12.2 Å². The standard InChI is InChI=1S/C18H19ClN6O/c19-13-4-3-5-15(10-13)24-9-7-14(12-24)21-18(26)20-11-17-23-22-16-6-1-2-8-25(16)17/h1-6,8,10,14H,7,9,11-12H2,(H2,20,21,26). The Balaban J connectivity index is 1.30. The average Bonchev–Trinajstić information content (AvgIpc) is 3.27. The third-order valence-corrected chi connectivity index (χ3v) is 4.72. The molecule has 0 aliphatic carbocycles. The maximum atomic E-state index is 12.2. The summed E-state index contributed by atoms with van der Waals surface area (Å²) in [6.45, 7) is 1.98. The van der Waals surface area contributed by atoms with Gasteiger partial charge in [0.15, 0.2) is 11.5 Å². The minimum atomic E-state index is -0.198. The number of benzene rings is 1. The number of amides is 2. The van der Waals surface area contributed by atoms with Crippen molar-refractivity contribution >= 4 is 29.0 Å². The maximum absolute atomic E-state index is 12.2. The van der Waals surface area contributed by atoms with Crippen molar-refractivity contribution < 1.29 is 4.79 Å². The number of nitrogens with zero attached hydrogens (tertiary/aromatic N) is 4. The van der Waals surface area contributed by atoms with Crippen molar-refractivity contribution in [3.8, 4) is 0 Å². The number of anilines is 1. The van der Waals surface area contributed by atoms with E-state index in [-0.39, 0.29) is 12.1 Å². The summed E-state index contributed by atoms with van der Waals surface area (Å²) in [5.74, 6) is 0.697. The molecule has 0 radical (unpaired) electrons. The van der Waals surface area contributed by atoms with Gasteiger partial charge in [0, 0.05) is 36.0 Å². The molecule has 1 aliphatic rings. The first-order chi connectivity index (χ1) is 12.7. The first-order valence-electron chi connectivity index (χ1n) is 8.52. The van der Waals surface area contributed by atoms with Crippen molar-refractivity contribution in [2.75, 3.05) is 18.0 Å². The molecule has 8 heteroatoms. The van der Waals surface area contributed by atoms with Crippen LogP contribution in [0.4, 0.5) is 10.5 Å². The van der Waals surface area contributed by atoms with Crippen LogP contribution in [-0.2, 0) is 6.54 Å². The second kappa shape index (κ2) is 7.21. The molecule has 1 unspecified atom stereocenters. The lowest BCUT2D eigenvalue weighted by Crippen LogP contribution is -2.43. The number of pyridine rings is 1. The van der Waals surface area contributed by atoms with E-state index in [1.165, 1.54) is 0 Å². The Hall–Kier alpha value is -2.80. The van der Waals surface area contributed by atoms with E-state index >= 15 is 0 Å². The van der Waals surface area contributed by atoms with Crippen LogP contribution in [0.15, 0.2) is 48.7 Å². The summed E-state index contributed by atoms with van der Waals surface area (Å²) in [5.41, 5.74) is 1.84. The molecule has 0 saturated carbocycles. The highest BCUT2D eigenvalue weighted by molar-refractivity contribution is 6.30. The normalized spacial score (nSPS) is 16.8. The monoisotopic (exact) mass is 370 g/mol. The van der Waals surface area contributed by atoms with Crippen molar-refractivity contribution in [1.82, 2.24) is 25.2 Å². The summed E-state index contributed by atoms with van der Waals surface area (Å²) in [7, 11) is 0. The van der Waals surface area contributed by atoms with Crippen LogP contribution in [0.2, 0.25) is 5.02 Å². The molecular formula is C18H19ClN6O. The van der Waals surface area contributed by atoms with Gasteiger partial charge in [-0.2, -0.15) is 0 Å².